The Morgan fingerprint density at radius 1 is 1.26 bits per heavy atom. The van der Waals surface area contributed by atoms with Gasteiger partial charge in [0.15, 0.2) is 5.16 Å². The predicted octanol–water partition coefficient (Wildman–Crippen LogP) is 0.806. The van der Waals surface area contributed by atoms with Gasteiger partial charge in [0.1, 0.15) is 0 Å². The zero-order chi connectivity index (χ0) is 13.7. The van der Waals surface area contributed by atoms with Gasteiger partial charge in [-0.1, -0.05) is 0 Å². The molecule has 0 spiro atoms. The van der Waals surface area contributed by atoms with Crippen LogP contribution in [0, 0.1) is 6.92 Å². The maximum atomic E-state index is 5.30. The van der Waals surface area contributed by atoms with E-state index in [9.17, 15) is 0 Å². The molecule has 0 atom stereocenters. The van der Waals surface area contributed by atoms with Crippen LogP contribution in [0.25, 0.3) is 0 Å². The molecule has 0 saturated carbocycles. The Kier molecular flexibility index (Phi) is 4.42. The fourth-order valence-electron chi connectivity index (χ4n) is 1.20. The summed E-state index contributed by atoms with van der Waals surface area (Å²) >= 11 is 1.21. The lowest BCUT2D eigenvalue weighted by Gasteiger charge is -2.05. The molecule has 0 aliphatic heterocycles. The number of aromatic nitrogens is 5. The molecule has 0 aliphatic rings. The van der Waals surface area contributed by atoms with Crippen LogP contribution in [-0.2, 0) is 0 Å². The van der Waals surface area contributed by atoms with Crippen LogP contribution in [0.3, 0.4) is 0 Å². The Bertz CT molecular complexity index is 565. The van der Waals surface area contributed by atoms with Crippen LogP contribution < -0.4 is 16.0 Å². The van der Waals surface area contributed by atoms with Gasteiger partial charge in [0, 0.05) is 11.9 Å². The van der Waals surface area contributed by atoms with Crippen molar-refractivity contribution in [2.45, 2.75) is 24.2 Å². The maximum absolute atomic E-state index is 5.30. The highest BCUT2D eigenvalue weighted by molar-refractivity contribution is 7.99. The third kappa shape index (κ3) is 3.73. The largest absolute Gasteiger partial charge is 0.464 e. The molecule has 19 heavy (non-hydrogen) atoms. The van der Waals surface area contributed by atoms with Gasteiger partial charge in [-0.25, -0.2) is 15.8 Å². The summed E-state index contributed by atoms with van der Waals surface area (Å²) in [5, 5.41) is 0.966. The fourth-order valence-corrected chi connectivity index (χ4v) is 1.92. The van der Waals surface area contributed by atoms with Crippen LogP contribution in [0.2, 0.25) is 0 Å². The standard InChI is InChI=1S/C10H13N7OS/c1-3-18-8-14-7(17-11)15-10(16-8)19-9-12-5-4-6(2)13-9/h4-5H,3,11H2,1-2H3,(H,14,15,16,17). The number of aryl methyl sites for hydroxylation is 1. The molecule has 0 aromatic carbocycles. The zero-order valence-corrected chi connectivity index (χ0v) is 11.3. The molecule has 0 amide bonds. The SMILES string of the molecule is CCOc1nc(NN)nc(Sc2nccc(C)n2)n1. The van der Waals surface area contributed by atoms with Crippen LogP contribution in [-0.4, -0.2) is 31.5 Å². The van der Waals surface area contributed by atoms with Crippen molar-refractivity contribution in [3.05, 3.63) is 18.0 Å². The Hall–Kier alpha value is -2.00. The average molecular weight is 279 g/mol. The molecule has 0 unspecified atom stereocenters. The average Bonchev–Trinajstić information content (AvgIpc) is 2.39. The highest BCUT2D eigenvalue weighted by Crippen LogP contribution is 2.22. The molecule has 2 aromatic heterocycles. The van der Waals surface area contributed by atoms with Gasteiger partial charge in [0.2, 0.25) is 11.1 Å². The van der Waals surface area contributed by atoms with E-state index in [0.717, 1.165) is 5.69 Å². The normalized spacial score (nSPS) is 10.3. The summed E-state index contributed by atoms with van der Waals surface area (Å²) in [6.07, 6.45) is 1.68. The van der Waals surface area contributed by atoms with Gasteiger partial charge in [-0.05, 0) is 31.7 Å². The molecular formula is C10H13N7OS. The van der Waals surface area contributed by atoms with E-state index < -0.39 is 0 Å². The van der Waals surface area contributed by atoms with Crippen molar-refractivity contribution >= 4 is 17.7 Å². The summed E-state index contributed by atoms with van der Waals surface area (Å²) in [7, 11) is 0. The summed E-state index contributed by atoms with van der Waals surface area (Å²) in [6, 6.07) is 2.02. The lowest BCUT2D eigenvalue weighted by atomic mass is 10.5. The van der Waals surface area contributed by atoms with Crippen LogP contribution in [0.15, 0.2) is 22.6 Å². The fraction of sp³-hybridized carbons (Fsp3) is 0.300. The van der Waals surface area contributed by atoms with E-state index in [0.29, 0.717) is 16.9 Å². The highest BCUT2D eigenvalue weighted by atomic mass is 32.2. The highest BCUT2D eigenvalue weighted by Gasteiger charge is 2.09. The predicted molar refractivity (Wildman–Crippen MR) is 69.7 cm³/mol. The Morgan fingerprint density at radius 3 is 2.79 bits per heavy atom. The second-order valence-corrected chi connectivity index (χ2v) is 4.32. The number of ether oxygens (including phenoxy) is 1. The first-order valence-corrected chi connectivity index (χ1v) is 6.36. The summed E-state index contributed by atoms with van der Waals surface area (Å²) < 4.78 is 5.24. The number of hydrogen-bond acceptors (Lipinski definition) is 9. The van der Waals surface area contributed by atoms with E-state index in [2.05, 4.69) is 30.3 Å². The minimum atomic E-state index is 0.209. The smallest absolute Gasteiger partial charge is 0.322 e. The third-order valence-corrected chi connectivity index (χ3v) is 2.70. The van der Waals surface area contributed by atoms with Crippen LogP contribution in [0.4, 0.5) is 5.95 Å². The molecule has 3 N–H and O–H groups in total. The number of hydrogen-bond donors (Lipinski definition) is 2. The van der Waals surface area contributed by atoms with Crippen molar-refractivity contribution in [2.75, 3.05) is 12.0 Å². The first-order valence-electron chi connectivity index (χ1n) is 5.54. The molecule has 0 bridgehead atoms. The maximum Gasteiger partial charge on any atom is 0.322 e. The molecular weight excluding hydrogens is 266 g/mol. The molecule has 2 aromatic rings. The van der Waals surface area contributed by atoms with E-state index in [-0.39, 0.29) is 12.0 Å². The molecule has 100 valence electrons. The minimum absolute atomic E-state index is 0.209. The number of nitrogens with one attached hydrogen (secondary N) is 1. The van der Waals surface area contributed by atoms with E-state index in [4.69, 9.17) is 10.6 Å². The lowest BCUT2D eigenvalue weighted by Crippen LogP contribution is -2.12. The molecule has 9 heteroatoms. The summed E-state index contributed by atoms with van der Waals surface area (Å²) in [6.45, 7) is 4.19. The van der Waals surface area contributed by atoms with E-state index >= 15 is 0 Å². The molecule has 2 heterocycles. The molecule has 0 saturated heterocycles. The van der Waals surface area contributed by atoms with Crippen molar-refractivity contribution in [3.8, 4) is 6.01 Å². The van der Waals surface area contributed by atoms with Gasteiger partial charge >= 0.3 is 6.01 Å². The lowest BCUT2D eigenvalue weighted by molar-refractivity contribution is 0.308. The molecule has 0 aliphatic carbocycles. The van der Waals surface area contributed by atoms with Crippen molar-refractivity contribution in [1.82, 2.24) is 24.9 Å². The Morgan fingerprint density at radius 2 is 2.11 bits per heavy atom. The van der Waals surface area contributed by atoms with E-state index in [1.807, 2.05) is 19.9 Å². The van der Waals surface area contributed by atoms with Gasteiger partial charge in [0.05, 0.1) is 6.61 Å². The van der Waals surface area contributed by atoms with Gasteiger partial charge in [0.25, 0.3) is 0 Å². The van der Waals surface area contributed by atoms with Gasteiger partial charge in [-0.2, -0.15) is 15.0 Å². The molecule has 0 fully saturated rings. The first kappa shape index (κ1) is 13.4. The molecule has 0 radical (unpaired) electrons. The minimum Gasteiger partial charge on any atom is -0.464 e. The van der Waals surface area contributed by atoms with Crippen LogP contribution in [0.1, 0.15) is 12.6 Å². The topological polar surface area (TPSA) is 112 Å². The van der Waals surface area contributed by atoms with Crippen molar-refractivity contribution in [2.24, 2.45) is 5.84 Å². The third-order valence-electron chi connectivity index (χ3n) is 1.95. The van der Waals surface area contributed by atoms with Gasteiger partial charge in [-0.3, -0.25) is 5.43 Å². The van der Waals surface area contributed by atoms with Crippen LogP contribution >= 0.6 is 11.8 Å². The van der Waals surface area contributed by atoms with Crippen molar-refractivity contribution < 1.29 is 4.74 Å². The van der Waals surface area contributed by atoms with E-state index in [1.54, 1.807) is 6.20 Å². The number of rotatable bonds is 5. The zero-order valence-electron chi connectivity index (χ0n) is 10.5. The summed E-state index contributed by atoms with van der Waals surface area (Å²) in [5.74, 6) is 5.53. The van der Waals surface area contributed by atoms with Crippen molar-refractivity contribution in [1.29, 1.82) is 0 Å². The summed E-state index contributed by atoms with van der Waals surface area (Å²) in [5.41, 5.74) is 3.24. The van der Waals surface area contributed by atoms with Crippen LogP contribution in [0.5, 0.6) is 6.01 Å². The Labute approximate surface area is 114 Å². The van der Waals surface area contributed by atoms with Gasteiger partial charge in [-0.15, -0.1) is 0 Å². The second kappa shape index (κ2) is 6.25. The monoisotopic (exact) mass is 279 g/mol. The molecule has 2 rings (SSSR count). The van der Waals surface area contributed by atoms with Crippen molar-refractivity contribution in [3.63, 3.8) is 0 Å². The number of nitrogen functional groups attached to an aromatic ring is 1. The number of nitrogens with zero attached hydrogens (tertiary/aromatic N) is 5. The Balaban J connectivity index is 2.26. The summed E-state index contributed by atoms with van der Waals surface area (Å²) in [4.78, 5) is 20.6. The molecule has 8 nitrogen and oxygen atoms in total. The second-order valence-electron chi connectivity index (χ2n) is 3.38. The van der Waals surface area contributed by atoms with Gasteiger partial charge < -0.3 is 4.74 Å². The quantitative estimate of drug-likeness (QED) is 0.466. The number of hydrazine groups is 1. The number of nitrogens with two attached hydrogens (primary N) is 1. The number of anilines is 1. The first-order chi connectivity index (χ1) is 9.21. The van der Waals surface area contributed by atoms with E-state index in [1.165, 1.54) is 11.8 Å².